The normalized spacial score (nSPS) is 21.2. The number of carbonyl (C=O) groups excluding carboxylic acids is 1. The Labute approximate surface area is 102 Å². The Balaban J connectivity index is 2.23. The molecule has 1 aromatic rings. The van der Waals surface area contributed by atoms with Crippen LogP contribution >= 0.6 is 0 Å². The van der Waals surface area contributed by atoms with E-state index in [2.05, 4.69) is 10.2 Å². The van der Waals surface area contributed by atoms with Crippen LogP contribution in [0.1, 0.15) is 10.4 Å². The largest absolute Gasteiger partial charge is 0.496 e. The molecule has 0 amide bonds. The first-order valence-corrected chi connectivity index (χ1v) is 5.82. The van der Waals surface area contributed by atoms with Gasteiger partial charge >= 0.3 is 0 Å². The Hall–Kier alpha value is -1.39. The Kier molecular flexibility index (Phi) is 3.76. The van der Waals surface area contributed by atoms with E-state index in [1.807, 2.05) is 31.3 Å². The number of benzene rings is 1. The summed E-state index contributed by atoms with van der Waals surface area (Å²) < 4.78 is 5.23. The van der Waals surface area contributed by atoms with Crippen molar-refractivity contribution in [3.8, 4) is 5.75 Å². The molecule has 0 saturated carbocycles. The molecule has 0 bridgehead atoms. The standard InChI is InChI=1S/C13H18N2O2/c1-15-8-7-14-9-11(15)13(16)10-5-3-4-6-12(10)17-2/h3-6,11,14H,7-9H2,1-2H3. The summed E-state index contributed by atoms with van der Waals surface area (Å²) in [5.74, 6) is 0.772. The number of methoxy groups -OCH3 is 1. The molecule has 1 aromatic carbocycles. The van der Waals surface area contributed by atoms with Crippen LogP contribution in [0.4, 0.5) is 0 Å². The number of nitrogens with one attached hydrogen (secondary N) is 1. The Morgan fingerprint density at radius 2 is 2.24 bits per heavy atom. The highest BCUT2D eigenvalue weighted by Gasteiger charge is 2.28. The Bertz CT molecular complexity index is 406. The van der Waals surface area contributed by atoms with Gasteiger partial charge in [0.2, 0.25) is 0 Å². The number of hydrogen-bond donors (Lipinski definition) is 1. The van der Waals surface area contributed by atoms with Crippen LogP contribution in [0, 0.1) is 0 Å². The molecule has 1 saturated heterocycles. The van der Waals surface area contributed by atoms with Gasteiger partial charge in [0, 0.05) is 19.6 Å². The molecule has 1 aliphatic heterocycles. The van der Waals surface area contributed by atoms with Crippen LogP contribution in [0.25, 0.3) is 0 Å². The first-order chi connectivity index (χ1) is 8.24. The highest BCUT2D eigenvalue weighted by Crippen LogP contribution is 2.20. The van der Waals surface area contributed by atoms with Crippen LogP contribution in [0.2, 0.25) is 0 Å². The molecule has 2 rings (SSSR count). The quantitative estimate of drug-likeness (QED) is 0.785. The molecule has 1 atom stereocenters. The molecule has 0 aliphatic carbocycles. The van der Waals surface area contributed by atoms with E-state index in [1.165, 1.54) is 0 Å². The van der Waals surface area contributed by atoms with Gasteiger partial charge in [0.25, 0.3) is 0 Å². The van der Waals surface area contributed by atoms with Gasteiger partial charge in [-0.15, -0.1) is 0 Å². The molecule has 0 spiro atoms. The lowest BCUT2D eigenvalue weighted by molar-refractivity contribution is 0.0816. The molecule has 1 aliphatic rings. The molecule has 92 valence electrons. The fourth-order valence-electron chi connectivity index (χ4n) is 2.13. The number of ketones is 1. The van der Waals surface area contributed by atoms with Gasteiger partial charge in [0.05, 0.1) is 18.7 Å². The summed E-state index contributed by atoms with van der Waals surface area (Å²) in [5, 5.41) is 3.25. The minimum Gasteiger partial charge on any atom is -0.496 e. The van der Waals surface area contributed by atoms with Crippen LogP contribution in [0.15, 0.2) is 24.3 Å². The van der Waals surface area contributed by atoms with E-state index in [4.69, 9.17) is 4.74 Å². The summed E-state index contributed by atoms with van der Waals surface area (Å²) in [6.45, 7) is 2.53. The third-order valence-corrected chi connectivity index (χ3v) is 3.19. The number of ether oxygens (including phenoxy) is 1. The van der Waals surface area contributed by atoms with Crippen molar-refractivity contribution in [3.63, 3.8) is 0 Å². The molecule has 17 heavy (non-hydrogen) atoms. The molecular weight excluding hydrogens is 216 g/mol. The van der Waals surface area contributed by atoms with Crippen LogP contribution in [-0.2, 0) is 0 Å². The van der Waals surface area contributed by atoms with Gasteiger partial charge in [0.15, 0.2) is 5.78 Å². The van der Waals surface area contributed by atoms with Crippen LogP contribution in [0.5, 0.6) is 5.75 Å². The van der Waals surface area contributed by atoms with E-state index in [1.54, 1.807) is 7.11 Å². The van der Waals surface area contributed by atoms with Gasteiger partial charge in [-0.3, -0.25) is 9.69 Å². The van der Waals surface area contributed by atoms with Crippen molar-refractivity contribution in [2.45, 2.75) is 6.04 Å². The zero-order valence-corrected chi connectivity index (χ0v) is 10.3. The second-order valence-corrected chi connectivity index (χ2v) is 4.27. The van der Waals surface area contributed by atoms with Crippen LogP contribution < -0.4 is 10.1 Å². The fraction of sp³-hybridized carbons (Fsp3) is 0.462. The van der Waals surface area contributed by atoms with Crippen molar-refractivity contribution < 1.29 is 9.53 Å². The number of likely N-dealkylation sites (N-methyl/N-ethyl adjacent to an activating group) is 1. The van der Waals surface area contributed by atoms with Gasteiger partial charge in [-0.2, -0.15) is 0 Å². The van der Waals surface area contributed by atoms with E-state index in [0.29, 0.717) is 17.9 Å². The number of rotatable bonds is 3. The van der Waals surface area contributed by atoms with E-state index >= 15 is 0 Å². The van der Waals surface area contributed by atoms with Crippen molar-refractivity contribution in [1.82, 2.24) is 10.2 Å². The lowest BCUT2D eigenvalue weighted by Gasteiger charge is -2.32. The second-order valence-electron chi connectivity index (χ2n) is 4.27. The Morgan fingerprint density at radius 1 is 1.47 bits per heavy atom. The van der Waals surface area contributed by atoms with Crippen molar-refractivity contribution in [2.75, 3.05) is 33.8 Å². The highest BCUT2D eigenvalue weighted by molar-refractivity contribution is 6.02. The van der Waals surface area contributed by atoms with E-state index in [0.717, 1.165) is 13.1 Å². The third kappa shape index (κ3) is 2.48. The molecule has 1 N–H and O–H groups in total. The monoisotopic (exact) mass is 234 g/mol. The van der Waals surface area contributed by atoms with Crippen molar-refractivity contribution in [2.24, 2.45) is 0 Å². The molecule has 4 nitrogen and oxygen atoms in total. The number of hydrogen-bond acceptors (Lipinski definition) is 4. The zero-order chi connectivity index (χ0) is 12.3. The van der Waals surface area contributed by atoms with Crippen LogP contribution in [0.3, 0.4) is 0 Å². The first kappa shape index (κ1) is 12.1. The summed E-state index contributed by atoms with van der Waals surface area (Å²) in [4.78, 5) is 14.5. The third-order valence-electron chi connectivity index (χ3n) is 3.19. The maximum Gasteiger partial charge on any atom is 0.184 e. The zero-order valence-electron chi connectivity index (χ0n) is 10.3. The SMILES string of the molecule is COc1ccccc1C(=O)C1CNCCN1C. The van der Waals surface area contributed by atoms with Gasteiger partial charge in [-0.05, 0) is 19.2 Å². The summed E-state index contributed by atoms with van der Waals surface area (Å²) in [6.07, 6.45) is 0. The average molecular weight is 234 g/mol. The number of carbonyl (C=O) groups is 1. The molecule has 1 heterocycles. The summed E-state index contributed by atoms with van der Waals surface area (Å²) in [6, 6.07) is 7.29. The molecule has 1 fully saturated rings. The maximum absolute atomic E-state index is 12.4. The van der Waals surface area contributed by atoms with Gasteiger partial charge in [-0.1, -0.05) is 12.1 Å². The summed E-state index contributed by atoms with van der Waals surface area (Å²) >= 11 is 0. The number of piperazine rings is 1. The molecule has 0 radical (unpaired) electrons. The minimum absolute atomic E-state index is 0.0972. The molecule has 4 heteroatoms. The van der Waals surface area contributed by atoms with Crippen molar-refractivity contribution in [3.05, 3.63) is 29.8 Å². The van der Waals surface area contributed by atoms with Gasteiger partial charge in [-0.25, -0.2) is 0 Å². The highest BCUT2D eigenvalue weighted by atomic mass is 16.5. The predicted octanol–water partition coefficient (Wildman–Crippen LogP) is 0.781. The average Bonchev–Trinajstić information content (AvgIpc) is 2.38. The summed E-state index contributed by atoms with van der Waals surface area (Å²) in [7, 11) is 3.58. The van der Waals surface area contributed by atoms with E-state index in [-0.39, 0.29) is 11.8 Å². The molecule has 0 aromatic heterocycles. The van der Waals surface area contributed by atoms with E-state index < -0.39 is 0 Å². The predicted molar refractivity (Wildman–Crippen MR) is 66.6 cm³/mol. The lowest BCUT2D eigenvalue weighted by Crippen LogP contribution is -2.53. The number of Topliss-reactive ketones (excluding diaryl/α,β-unsaturated/α-hetero) is 1. The fourth-order valence-corrected chi connectivity index (χ4v) is 2.13. The Morgan fingerprint density at radius 3 is 2.94 bits per heavy atom. The lowest BCUT2D eigenvalue weighted by atomic mass is 10.0. The smallest absolute Gasteiger partial charge is 0.184 e. The number of para-hydroxylation sites is 1. The van der Waals surface area contributed by atoms with Gasteiger partial charge < -0.3 is 10.1 Å². The molecule has 1 unspecified atom stereocenters. The van der Waals surface area contributed by atoms with Gasteiger partial charge in [0.1, 0.15) is 5.75 Å². The van der Waals surface area contributed by atoms with Crippen molar-refractivity contribution in [1.29, 1.82) is 0 Å². The maximum atomic E-state index is 12.4. The molecular formula is C13H18N2O2. The van der Waals surface area contributed by atoms with Crippen molar-refractivity contribution >= 4 is 5.78 Å². The number of nitrogens with zero attached hydrogens (tertiary/aromatic N) is 1. The topological polar surface area (TPSA) is 41.6 Å². The van der Waals surface area contributed by atoms with Crippen LogP contribution in [-0.4, -0.2) is 50.5 Å². The first-order valence-electron chi connectivity index (χ1n) is 5.82. The minimum atomic E-state index is -0.0972. The summed E-state index contributed by atoms with van der Waals surface area (Å²) in [5.41, 5.74) is 0.663. The van der Waals surface area contributed by atoms with E-state index in [9.17, 15) is 4.79 Å². The second kappa shape index (κ2) is 5.29.